The molecule has 0 aromatic heterocycles. The number of carbonyl (C=O) groups excluding carboxylic acids is 1. The van der Waals surface area contributed by atoms with E-state index in [1.165, 1.54) is 0 Å². The minimum absolute atomic E-state index is 0. The van der Waals surface area contributed by atoms with Gasteiger partial charge in [-0.25, -0.2) is 4.79 Å². The molecule has 0 aromatic rings. The number of rotatable bonds is 4. The van der Waals surface area contributed by atoms with E-state index >= 15 is 0 Å². The van der Waals surface area contributed by atoms with Crippen LogP contribution in [0.25, 0.3) is 0 Å². The number of carbonyl (C=O) groups is 1. The molecule has 1 amide bonds. The molecule has 0 spiro atoms. The molecule has 1 N–H and O–H groups in total. The molecule has 0 saturated heterocycles. The lowest BCUT2D eigenvalue weighted by Crippen LogP contribution is -2.38. The van der Waals surface area contributed by atoms with Crippen molar-refractivity contribution >= 4 is 16.2 Å². The zero-order chi connectivity index (χ0) is 14.7. The maximum Gasteiger partial charge on any atom is 0.407 e. The molecule has 19 heavy (non-hydrogen) atoms. The van der Waals surface area contributed by atoms with Crippen molar-refractivity contribution in [3.05, 3.63) is 0 Å². The summed E-state index contributed by atoms with van der Waals surface area (Å²) < 4.78 is 31.7. The summed E-state index contributed by atoms with van der Waals surface area (Å²) in [5.74, 6) is 0.162. The molecule has 1 aliphatic carbocycles. The zero-order valence-corrected chi connectivity index (χ0v) is 12.7. The molecule has 0 aromatic carbocycles. The van der Waals surface area contributed by atoms with Gasteiger partial charge in [-0.2, -0.15) is 8.42 Å². The second-order valence-electron chi connectivity index (χ2n) is 6.01. The minimum Gasteiger partial charge on any atom is -0.444 e. The van der Waals surface area contributed by atoms with Crippen molar-refractivity contribution in [3.63, 3.8) is 0 Å². The van der Waals surface area contributed by atoms with Crippen LogP contribution < -0.4 is 5.32 Å². The fourth-order valence-corrected chi connectivity index (χ4v) is 2.49. The largest absolute Gasteiger partial charge is 0.444 e. The Hall–Kier alpha value is -0.820. The number of ether oxygens (including phenoxy) is 1. The Morgan fingerprint density at radius 1 is 1.37 bits per heavy atom. The van der Waals surface area contributed by atoms with Gasteiger partial charge in [0.2, 0.25) is 0 Å². The smallest absolute Gasteiger partial charge is 0.407 e. The molecule has 2 atom stereocenters. The van der Waals surface area contributed by atoms with Crippen molar-refractivity contribution in [2.45, 2.75) is 51.7 Å². The van der Waals surface area contributed by atoms with Gasteiger partial charge >= 0.3 is 6.09 Å². The second-order valence-corrected chi connectivity index (χ2v) is 7.65. The first-order valence-electron chi connectivity index (χ1n) is 6.39. The van der Waals surface area contributed by atoms with Crippen molar-refractivity contribution in [1.29, 1.82) is 0 Å². The molecule has 7 heteroatoms. The Kier molecular flexibility index (Phi) is 5.20. The zero-order valence-electron chi connectivity index (χ0n) is 11.9. The Balaban J connectivity index is 0.00000361. The van der Waals surface area contributed by atoms with Crippen molar-refractivity contribution in [2.24, 2.45) is 5.92 Å². The fraction of sp³-hybridized carbons (Fsp3) is 0.917. The van der Waals surface area contributed by atoms with Crippen LogP contribution in [0.3, 0.4) is 0 Å². The van der Waals surface area contributed by atoms with Crippen molar-refractivity contribution < 1.29 is 23.6 Å². The highest BCUT2D eigenvalue weighted by Gasteiger charge is 2.28. The first-order chi connectivity index (χ1) is 8.55. The van der Waals surface area contributed by atoms with Crippen LogP contribution in [0.1, 0.15) is 41.5 Å². The van der Waals surface area contributed by atoms with E-state index < -0.39 is 21.8 Å². The van der Waals surface area contributed by atoms with Crippen LogP contribution in [0.4, 0.5) is 4.79 Å². The summed E-state index contributed by atoms with van der Waals surface area (Å²) in [5.41, 5.74) is -0.512. The number of nitrogens with one attached hydrogen (secondary N) is 1. The topological polar surface area (TPSA) is 81.7 Å². The third kappa shape index (κ3) is 7.37. The van der Waals surface area contributed by atoms with Crippen molar-refractivity contribution in [3.8, 4) is 0 Å². The monoisotopic (exact) mass is 295 g/mol. The van der Waals surface area contributed by atoms with Gasteiger partial charge in [-0.3, -0.25) is 4.18 Å². The molecule has 114 valence electrons. The van der Waals surface area contributed by atoms with Crippen LogP contribution in [0.2, 0.25) is 0 Å². The van der Waals surface area contributed by atoms with E-state index in [0.717, 1.165) is 25.5 Å². The van der Waals surface area contributed by atoms with E-state index in [4.69, 9.17) is 8.92 Å². The number of alkyl carbamates (subject to hydrolysis) is 1. The van der Waals surface area contributed by atoms with Gasteiger partial charge in [0.25, 0.3) is 10.1 Å². The van der Waals surface area contributed by atoms with Gasteiger partial charge in [0, 0.05) is 7.47 Å². The Labute approximate surface area is 116 Å². The average Bonchev–Trinajstić information content (AvgIpc) is 2.58. The summed E-state index contributed by atoms with van der Waals surface area (Å²) in [7, 11) is -3.39. The Bertz CT molecular complexity index is 418. The maximum absolute atomic E-state index is 11.6. The van der Waals surface area contributed by atoms with Crippen LogP contribution in [0.15, 0.2) is 0 Å². The van der Waals surface area contributed by atoms with Gasteiger partial charge in [-0.05, 0) is 46.0 Å². The normalized spacial score (nSPS) is 24.2. The van der Waals surface area contributed by atoms with Gasteiger partial charge in [0.15, 0.2) is 0 Å². The van der Waals surface area contributed by atoms with Crippen LogP contribution in [-0.2, 0) is 19.0 Å². The molecule has 1 unspecified atom stereocenters. The molecule has 1 fully saturated rings. The summed E-state index contributed by atoms with van der Waals surface area (Å²) in [6.07, 6.45) is 2.99. The van der Waals surface area contributed by atoms with Crippen molar-refractivity contribution in [2.75, 3.05) is 12.9 Å². The van der Waals surface area contributed by atoms with E-state index in [1.54, 1.807) is 0 Å². The van der Waals surface area contributed by atoms with Crippen LogP contribution in [0.5, 0.6) is 0 Å². The van der Waals surface area contributed by atoms with E-state index in [0.29, 0.717) is 0 Å². The lowest BCUT2D eigenvalue weighted by Gasteiger charge is -2.21. The quantitative estimate of drug-likeness (QED) is 0.801. The molecule has 0 heterocycles. The third-order valence-electron chi connectivity index (χ3n) is 2.78. The molecule has 1 saturated carbocycles. The van der Waals surface area contributed by atoms with E-state index in [9.17, 15) is 13.2 Å². The summed E-state index contributed by atoms with van der Waals surface area (Å²) in [5, 5.41) is 2.80. The van der Waals surface area contributed by atoms with E-state index in [2.05, 4.69) is 5.32 Å². The SMILES string of the molecule is CC(C)(C)OC(=O)N[C@H]1CCC(COS(C)(=O)=O)C1.[HH]. The van der Waals surface area contributed by atoms with E-state index in [-0.39, 0.29) is 20.0 Å². The third-order valence-corrected chi connectivity index (χ3v) is 3.34. The number of amides is 1. The maximum atomic E-state index is 11.6. The lowest BCUT2D eigenvalue weighted by molar-refractivity contribution is 0.0503. The molecule has 6 nitrogen and oxygen atoms in total. The second kappa shape index (κ2) is 6.09. The van der Waals surface area contributed by atoms with Gasteiger partial charge in [0.05, 0.1) is 12.9 Å². The number of hydrogen-bond acceptors (Lipinski definition) is 5. The van der Waals surface area contributed by atoms with Gasteiger partial charge in [-0.15, -0.1) is 0 Å². The van der Waals surface area contributed by atoms with Crippen LogP contribution >= 0.6 is 0 Å². The summed E-state index contributed by atoms with van der Waals surface area (Å²) >= 11 is 0. The average molecular weight is 295 g/mol. The molecule has 0 radical (unpaired) electrons. The first-order valence-corrected chi connectivity index (χ1v) is 8.21. The Morgan fingerprint density at radius 3 is 2.53 bits per heavy atom. The summed E-state index contributed by atoms with van der Waals surface area (Å²) in [6.45, 7) is 5.61. The highest BCUT2D eigenvalue weighted by molar-refractivity contribution is 7.85. The summed E-state index contributed by atoms with van der Waals surface area (Å²) in [6, 6.07) is 0.0306. The Morgan fingerprint density at radius 2 is 2.00 bits per heavy atom. The molecule has 1 aliphatic rings. The molecule has 0 bridgehead atoms. The van der Waals surface area contributed by atoms with Gasteiger partial charge in [-0.1, -0.05) is 0 Å². The molecule has 1 rings (SSSR count). The molecule has 0 aliphatic heterocycles. The molecular formula is C12H25NO5S. The van der Waals surface area contributed by atoms with Crippen molar-refractivity contribution in [1.82, 2.24) is 5.32 Å². The van der Waals surface area contributed by atoms with Crippen LogP contribution in [0, 0.1) is 5.92 Å². The number of hydrogen-bond donors (Lipinski definition) is 1. The standard InChI is InChI=1S/C12H23NO5S.H2/c1-12(2,3)18-11(14)13-10-6-5-9(7-10)8-17-19(4,15)16;/h9-10H,5-8H2,1-4H3,(H,13,14);1H/t9?,10-;/m0./s1. The highest BCUT2D eigenvalue weighted by Crippen LogP contribution is 2.26. The van der Waals surface area contributed by atoms with Gasteiger partial charge in [0.1, 0.15) is 5.60 Å². The lowest BCUT2D eigenvalue weighted by atomic mass is 10.1. The summed E-state index contributed by atoms with van der Waals surface area (Å²) in [4.78, 5) is 11.6. The first kappa shape index (κ1) is 16.2. The highest BCUT2D eigenvalue weighted by atomic mass is 32.2. The predicted octanol–water partition coefficient (Wildman–Crippen LogP) is 1.90. The minimum atomic E-state index is -3.39. The van der Waals surface area contributed by atoms with Crippen LogP contribution in [-0.4, -0.2) is 39.0 Å². The molecular weight excluding hydrogens is 270 g/mol. The fourth-order valence-electron chi connectivity index (χ4n) is 2.05. The van der Waals surface area contributed by atoms with Gasteiger partial charge < -0.3 is 10.1 Å². The van der Waals surface area contributed by atoms with E-state index in [1.807, 2.05) is 20.8 Å². The predicted molar refractivity (Wildman–Crippen MR) is 73.4 cm³/mol.